The number of aryl methyl sites for hydroxylation is 1. The highest BCUT2D eigenvalue weighted by Crippen LogP contribution is 2.45. The summed E-state index contributed by atoms with van der Waals surface area (Å²) in [5.74, 6) is -0.810. The normalized spacial score (nSPS) is 19.5. The maximum atomic E-state index is 13.2. The van der Waals surface area contributed by atoms with E-state index in [1.807, 2.05) is 24.4 Å². The molecule has 2 aliphatic rings. The van der Waals surface area contributed by atoms with Crippen LogP contribution in [0.25, 0.3) is 5.76 Å². The van der Waals surface area contributed by atoms with Gasteiger partial charge in [0.25, 0.3) is 11.7 Å². The van der Waals surface area contributed by atoms with Gasteiger partial charge in [-0.1, -0.05) is 17.7 Å². The lowest BCUT2D eigenvalue weighted by atomic mass is 9.97. The van der Waals surface area contributed by atoms with Gasteiger partial charge in [0.05, 0.1) is 12.2 Å². The van der Waals surface area contributed by atoms with E-state index in [1.165, 1.54) is 16.2 Å². The Kier molecular flexibility index (Phi) is 4.84. The third kappa shape index (κ3) is 3.23. The topological polar surface area (TPSA) is 66.8 Å². The molecule has 7 heteroatoms. The number of nitrogens with zero attached hydrogens (tertiary/aromatic N) is 1. The Labute approximate surface area is 188 Å². The van der Waals surface area contributed by atoms with Gasteiger partial charge < -0.3 is 9.84 Å². The Hall–Kier alpha value is -3.09. The van der Waals surface area contributed by atoms with Crippen LogP contribution in [0.1, 0.15) is 27.6 Å². The van der Waals surface area contributed by atoms with Gasteiger partial charge in [-0.05, 0) is 65.9 Å². The summed E-state index contributed by atoms with van der Waals surface area (Å²) in [6, 6.07) is 13.3. The molecule has 3 heterocycles. The third-order valence-corrected chi connectivity index (χ3v) is 6.95. The molecule has 2 aliphatic heterocycles. The lowest BCUT2D eigenvalue weighted by molar-refractivity contribution is -0.132. The van der Waals surface area contributed by atoms with Gasteiger partial charge in [-0.15, -0.1) is 11.3 Å². The molecule has 3 aromatic rings. The number of carbonyl (C=O) groups is 2. The molecule has 1 fully saturated rings. The number of aliphatic hydroxyl groups excluding tert-OH is 1. The summed E-state index contributed by atoms with van der Waals surface area (Å²) in [6.07, 6.45) is 0.737. The van der Waals surface area contributed by atoms with Crippen LogP contribution in [0, 0.1) is 6.92 Å². The molecule has 0 saturated carbocycles. The van der Waals surface area contributed by atoms with Crippen molar-refractivity contribution in [2.75, 3.05) is 11.5 Å². The number of Topliss-reactive ketones (excluding diaryl/α,β-unsaturated/α-hetero) is 1. The number of halogens is 1. The Morgan fingerprint density at radius 2 is 2.03 bits per heavy atom. The first-order valence-electron chi connectivity index (χ1n) is 9.82. The lowest BCUT2D eigenvalue weighted by Gasteiger charge is -2.25. The molecule has 5 nitrogen and oxygen atoms in total. The molecule has 1 N–H and O–H groups in total. The second-order valence-electron chi connectivity index (χ2n) is 7.54. The average molecular weight is 452 g/mol. The highest BCUT2D eigenvalue weighted by atomic mass is 35.5. The van der Waals surface area contributed by atoms with Gasteiger partial charge in [0.2, 0.25) is 0 Å². The maximum absolute atomic E-state index is 13.2. The van der Waals surface area contributed by atoms with Crippen molar-refractivity contribution in [3.63, 3.8) is 0 Å². The predicted octanol–water partition coefficient (Wildman–Crippen LogP) is 5.27. The van der Waals surface area contributed by atoms with Crippen molar-refractivity contribution in [2.24, 2.45) is 0 Å². The first-order valence-corrected chi connectivity index (χ1v) is 11.1. The van der Waals surface area contributed by atoms with Crippen LogP contribution in [0.5, 0.6) is 5.75 Å². The average Bonchev–Trinajstić information content (AvgIpc) is 3.45. The van der Waals surface area contributed by atoms with Crippen LogP contribution in [0.2, 0.25) is 5.02 Å². The molecule has 156 valence electrons. The van der Waals surface area contributed by atoms with E-state index in [2.05, 4.69) is 0 Å². The summed E-state index contributed by atoms with van der Waals surface area (Å²) in [4.78, 5) is 28.6. The van der Waals surface area contributed by atoms with Crippen LogP contribution >= 0.6 is 22.9 Å². The van der Waals surface area contributed by atoms with Crippen LogP contribution in [0.3, 0.4) is 0 Å². The maximum Gasteiger partial charge on any atom is 0.300 e. The van der Waals surface area contributed by atoms with Crippen LogP contribution in [0.15, 0.2) is 59.5 Å². The minimum Gasteiger partial charge on any atom is -0.507 e. The molecule has 0 aliphatic carbocycles. The van der Waals surface area contributed by atoms with Crippen LogP contribution < -0.4 is 9.64 Å². The van der Waals surface area contributed by atoms with Crippen LogP contribution in [-0.4, -0.2) is 23.4 Å². The second kappa shape index (κ2) is 7.55. The van der Waals surface area contributed by atoms with Crippen molar-refractivity contribution in [1.29, 1.82) is 0 Å². The number of ketones is 1. The molecular formula is C24H18ClNO4S. The fourth-order valence-electron chi connectivity index (χ4n) is 4.13. The highest BCUT2D eigenvalue weighted by Gasteiger charge is 2.48. The Balaban J connectivity index is 1.72. The van der Waals surface area contributed by atoms with Crippen molar-refractivity contribution in [2.45, 2.75) is 19.4 Å². The van der Waals surface area contributed by atoms with Crippen LogP contribution in [-0.2, 0) is 16.0 Å². The Morgan fingerprint density at radius 1 is 1.19 bits per heavy atom. The fourth-order valence-corrected chi connectivity index (χ4v) is 5.34. The molecule has 1 atom stereocenters. The molecule has 0 radical (unpaired) electrons. The lowest BCUT2D eigenvalue weighted by Crippen LogP contribution is -2.29. The standard InChI is InChI=1S/C24H18ClNO4S/c1-13-8-10-31-23(13)20-19(21(27)15-5-6-18-14(11-15)7-9-30-18)22(28)24(29)26(20)17-4-2-3-16(25)12-17/h2-6,8,10-12,20,27H,7,9H2,1H3/b21-19-. The largest absolute Gasteiger partial charge is 0.507 e. The number of benzene rings is 2. The summed E-state index contributed by atoms with van der Waals surface area (Å²) in [6.45, 7) is 2.52. The zero-order valence-corrected chi connectivity index (χ0v) is 18.2. The summed E-state index contributed by atoms with van der Waals surface area (Å²) >= 11 is 7.61. The van der Waals surface area contributed by atoms with Gasteiger partial charge >= 0.3 is 0 Å². The number of amides is 1. The van der Waals surface area contributed by atoms with E-state index >= 15 is 0 Å². The zero-order chi connectivity index (χ0) is 21.7. The predicted molar refractivity (Wildman–Crippen MR) is 121 cm³/mol. The summed E-state index contributed by atoms with van der Waals surface area (Å²) in [7, 11) is 0. The molecule has 1 unspecified atom stereocenters. The van der Waals surface area contributed by atoms with Gasteiger partial charge in [-0.2, -0.15) is 0 Å². The van der Waals surface area contributed by atoms with Crippen molar-refractivity contribution >= 4 is 46.1 Å². The molecule has 1 aromatic heterocycles. The van der Waals surface area contributed by atoms with E-state index in [1.54, 1.807) is 36.4 Å². The van der Waals surface area contributed by atoms with Crippen molar-refractivity contribution in [3.8, 4) is 5.75 Å². The molecule has 2 aromatic carbocycles. The van der Waals surface area contributed by atoms with Crippen molar-refractivity contribution in [1.82, 2.24) is 0 Å². The third-order valence-electron chi connectivity index (χ3n) is 5.64. The van der Waals surface area contributed by atoms with E-state index < -0.39 is 17.7 Å². The minimum absolute atomic E-state index is 0.0781. The van der Waals surface area contributed by atoms with Gasteiger partial charge in [0.1, 0.15) is 17.6 Å². The number of carbonyl (C=O) groups excluding carboxylic acids is 2. The zero-order valence-electron chi connectivity index (χ0n) is 16.6. The smallest absolute Gasteiger partial charge is 0.300 e. The van der Waals surface area contributed by atoms with E-state index in [-0.39, 0.29) is 11.3 Å². The number of rotatable bonds is 3. The number of hydrogen-bond acceptors (Lipinski definition) is 5. The number of ether oxygens (including phenoxy) is 1. The molecule has 1 saturated heterocycles. The van der Waals surface area contributed by atoms with Gasteiger partial charge in [-0.25, -0.2) is 0 Å². The SMILES string of the molecule is Cc1ccsc1C1/C(=C(/O)c2ccc3c(c2)CCO3)C(=O)C(=O)N1c1cccc(Cl)c1. The molecule has 5 rings (SSSR count). The van der Waals surface area contributed by atoms with E-state index in [0.29, 0.717) is 22.9 Å². The van der Waals surface area contributed by atoms with E-state index in [4.69, 9.17) is 16.3 Å². The van der Waals surface area contributed by atoms with Gasteiger partial charge in [-0.3, -0.25) is 14.5 Å². The quantitative estimate of drug-likeness (QED) is 0.334. The first kappa shape index (κ1) is 19.8. The Bertz CT molecular complexity index is 1260. The summed E-state index contributed by atoms with van der Waals surface area (Å²) < 4.78 is 5.54. The number of hydrogen-bond donors (Lipinski definition) is 1. The minimum atomic E-state index is -0.733. The fraction of sp³-hybridized carbons (Fsp3) is 0.167. The number of thiophene rings is 1. The monoisotopic (exact) mass is 451 g/mol. The second-order valence-corrected chi connectivity index (χ2v) is 8.92. The van der Waals surface area contributed by atoms with E-state index in [0.717, 1.165) is 28.2 Å². The highest BCUT2D eigenvalue weighted by molar-refractivity contribution is 7.10. The van der Waals surface area contributed by atoms with Gasteiger partial charge in [0, 0.05) is 27.6 Å². The molecule has 1 amide bonds. The van der Waals surface area contributed by atoms with Crippen LogP contribution in [0.4, 0.5) is 5.69 Å². The Morgan fingerprint density at radius 3 is 2.77 bits per heavy atom. The van der Waals surface area contributed by atoms with Crippen molar-refractivity contribution < 1.29 is 19.4 Å². The molecule has 31 heavy (non-hydrogen) atoms. The first-order chi connectivity index (χ1) is 15.0. The number of anilines is 1. The van der Waals surface area contributed by atoms with E-state index in [9.17, 15) is 14.7 Å². The summed E-state index contributed by atoms with van der Waals surface area (Å²) in [5, 5.41) is 13.6. The molecule has 0 spiro atoms. The number of aliphatic hydroxyl groups is 1. The summed E-state index contributed by atoms with van der Waals surface area (Å²) in [5.41, 5.74) is 2.99. The molecule has 0 bridgehead atoms. The van der Waals surface area contributed by atoms with Crippen molar-refractivity contribution in [3.05, 3.63) is 86.1 Å². The van der Waals surface area contributed by atoms with Gasteiger partial charge in [0.15, 0.2) is 0 Å². The number of fused-ring (bicyclic) bond motifs is 1. The molecular weight excluding hydrogens is 434 g/mol.